The standard InChI is InChI=1S/C19H25N3O6/c1-21(12-17(24)22-8-6-13(7-9-22)19(26)27)16(23)11-20-18(25)14-4-3-5-15(10-14)28-2/h3-5,10,13H,6-9,11-12H2,1-2H3,(H,20,25)(H,26,27). The molecule has 1 fully saturated rings. The first-order chi connectivity index (χ1) is 13.3. The number of piperidine rings is 1. The van der Waals surface area contributed by atoms with Crippen molar-refractivity contribution in [1.29, 1.82) is 0 Å². The number of likely N-dealkylation sites (N-methyl/N-ethyl adjacent to an activating group) is 1. The van der Waals surface area contributed by atoms with E-state index in [2.05, 4.69) is 5.32 Å². The number of nitrogens with zero attached hydrogens (tertiary/aromatic N) is 2. The average Bonchev–Trinajstić information content (AvgIpc) is 2.71. The summed E-state index contributed by atoms with van der Waals surface area (Å²) in [7, 11) is 2.98. The van der Waals surface area contributed by atoms with Gasteiger partial charge < -0.3 is 25.0 Å². The van der Waals surface area contributed by atoms with Crippen molar-refractivity contribution < 1.29 is 29.0 Å². The maximum atomic E-state index is 12.3. The Kier molecular flexibility index (Phi) is 7.36. The lowest BCUT2D eigenvalue weighted by molar-refractivity contribution is -0.146. The number of benzene rings is 1. The Hall–Kier alpha value is -3.10. The van der Waals surface area contributed by atoms with Crippen LogP contribution in [0.25, 0.3) is 0 Å². The van der Waals surface area contributed by atoms with Crippen LogP contribution in [0.15, 0.2) is 24.3 Å². The Morgan fingerprint density at radius 1 is 1.25 bits per heavy atom. The lowest BCUT2D eigenvalue weighted by atomic mass is 9.97. The molecule has 9 nitrogen and oxygen atoms in total. The van der Waals surface area contributed by atoms with Crippen molar-refractivity contribution in [2.75, 3.05) is 40.3 Å². The van der Waals surface area contributed by atoms with Gasteiger partial charge in [0, 0.05) is 25.7 Å². The lowest BCUT2D eigenvalue weighted by Gasteiger charge is -2.31. The van der Waals surface area contributed by atoms with Gasteiger partial charge in [0.25, 0.3) is 5.91 Å². The number of aliphatic carboxylic acids is 1. The Labute approximate surface area is 163 Å². The number of amides is 3. The van der Waals surface area contributed by atoms with E-state index in [0.29, 0.717) is 37.2 Å². The van der Waals surface area contributed by atoms with Crippen LogP contribution in [0.1, 0.15) is 23.2 Å². The molecule has 2 rings (SSSR count). The summed E-state index contributed by atoms with van der Waals surface area (Å²) >= 11 is 0. The van der Waals surface area contributed by atoms with Gasteiger partial charge in [0.2, 0.25) is 11.8 Å². The molecule has 0 saturated carbocycles. The maximum absolute atomic E-state index is 12.3. The third-order valence-corrected chi connectivity index (χ3v) is 4.73. The zero-order valence-corrected chi connectivity index (χ0v) is 16.0. The van der Waals surface area contributed by atoms with Crippen molar-refractivity contribution in [3.63, 3.8) is 0 Å². The molecular formula is C19H25N3O6. The number of hydrogen-bond acceptors (Lipinski definition) is 5. The molecule has 1 aromatic rings. The van der Waals surface area contributed by atoms with Crippen LogP contribution >= 0.6 is 0 Å². The number of likely N-dealkylation sites (tertiary alicyclic amines) is 1. The predicted molar refractivity (Wildman–Crippen MR) is 99.9 cm³/mol. The maximum Gasteiger partial charge on any atom is 0.306 e. The molecule has 1 aliphatic rings. The van der Waals surface area contributed by atoms with Crippen molar-refractivity contribution in [1.82, 2.24) is 15.1 Å². The van der Waals surface area contributed by atoms with Gasteiger partial charge in [-0.05, 0) is 31.0 Å². The number of ether oxygens (including phenoxy) is 1. The molecule has 0 spiro atoms. The third-order valence-electron chi connectivity index (χ3n) is 4.73. The van der Waals surface area contributed by atoms with E-state index in [0.717, 1.165) is 0 Å². The molecule has 3 amide bonds. The van der Waals surface area contributed by atoms with Crippen molar-refractivity contribution in [2.45, 2.75) is 12.8 Å². The summed E-state index contributed by atoms with van der Waals surface area (Å²) in [6, 6.07) is 6.55. The van der Waals surface area contributed by atoms with Crippen molar-refractivity contribution >= 4 is 23.7 Å². The van der Waals surface area contributed by atoms with E-state index >= 15 is 0 Å². The SMILES string of the molecule is COc1cccc(C(=O)NCC(=O)N(C)CC(=O)N2CCC(C(=O)O)CC2)c1. The molecule has 152 valence electrons. The molecule has 1 saturated heterocycles. The van der Waals surface area contributed by atoms with E-state index in [9.17, 15) is 19.2 Å². The molecule has 0 bridgehead atoms. The van der Waals surface area contributed by atoms with E-state index in [1.165, 1.54) is 19.1 Å². The van der Waals surface area contributed by atoms with E-state index in [-0.39, 0.29) is 19.0 Å². The number of hydrogen-bond donors (Lipinski definition) is 2. The second kappa shape index (κ2) is 9.72. The molecule has 1 aromatic carbocycles. The highest BCUT2D eigenvalue weighted by molar-refractivity contribution is 5.97. The van der Waals surface area contributed by atoms with E-state index in [1.54, 1.807) is 29.2 Å². The van der Waals surface area contributed by atoms with Crippen molar-refractivity contribution in [2.24, 2.45) is 5.92 Å². The van der Waals surface area contributed by atoms with Gasteiger partial charge in [0.1, 0.15) is 5.75 Å². The second-order valence-electron chi connectivity index (χ2n) is 6.66. The zero-order valence-electron chi connectivity index (χ0n) is 16.0. The highest BCUT2D eigenvalue weighted by atomic mass is 16.5. The van der Waals surface area contributed by atoms with Crippen LogP contribution in [-0.2, 0) is 14.4 Å². The fraction of sp³-hybridized carbons (Fsp3) is 0.474. The largest absolute Gasteiger partial charge is 0.497 e. The number of carbonyl (C=O) groups is 4. The Morgan fingerprint density at radius 2 is 1.93 bits per heavy atom. The summed E-state index contributed by atoms with van der Waals surface area (Å²) in [5.41, 5.74) is 0.368. The summed E-state index contributed by atoms with van der Waals surface area (Å²) < 4.78 is 5.06. The number of rotatable bonds is 7. The molecule has 2 N–H and O–H groups in total. The molecule has 0 atom stereocenters. The third kappa shape index (κ3) is 5.70. The van der Waals surface area contributed by atoms with E-state index in [4.69, 9.17) is 9.84 Å². The van der Waals surface area contributed by atoms with Crippen LogP contribution in [0.4, 0.5) is 0 Å². The fourth-order valence-corrected chi connectivity index (χ4v) is 2.92. The summed E-state index contributed by atoms with van der Waals surface area (Å²) in [5, 5.41) is 11.5. The Bertz CT molecular complexity index is 743. The molecule has 1 heterocycles. The number of carboxylic acid groups (broad SMARTS) is 1. The van der Waals surface area contributed by atoms with Gasteiger partial charge in [-0.1, -0.05) is 6.07 Å². The van der Waals surface area contributed by atoms with Gasteiger partial charge >= 0.3 is 5.97 Å². The first kappa shape index (κ1) is 21.2. The molecule has 0 unspecified atom stereocenters. The Balaban J connectivity index is 1.78. The monoisotopic (exact) mass is 391 g/mol. The summed E-state index contributed by atoms with van der Waals surface area (Å²) in [5.74, 6) is -1.78. The predicted octanol–water partition coefficient (Wildman–Crippen LogP) is 0.207. The van der Waals surface area contributed by atoms with E-state index in [1.807, 2.05) is 0 Å². The highest BCUT2D eigenvalue weighted by Gasteiger charge is 2.27. The van der Waals surface area contributed by atoms with Gasteiger partial charge in [-0.25, -0.2) is 0 Å². The number of carbonyl (C=O) groups excluding carboxylic acids is 3. The smallest absolute Gasteiger partial charge is 0.306 e. The summed E-state index contributed by atoms with van der Waals surface area (Å²) in [6.45, 7) is 0.376. The van der Waals surface area contributed by atoms with Crippen LogP contribution in [-0.4, -0.2) is 78.9 Å². The topological polar surface area (TPSA) is 116 Å². The second-order valence-corrected chi connectivity index (χ2v) is 6.66. The van der Waals surface area contributed by atoms with Gasteiger partial charge in [-0.15, -0.1) is 0 Å². The molecule has 9 heteroatoms. The molecule has 28 heavy (non-hydrogen) atoms. The van der Waals surface area contributed by atoms with Crippen LogP contribution in [0, 0.1) is 5.92 Å². The highest BCUT2D eigenvalue weighted by Crippen LogP contribution is 2.17. The van der Waals surface area contributed by atoms with Gasteiger partial charge in [0.05, 0.1) is 26.1 Å². The summed E-state index contributed by atoms with van der Waals surface area (Å²) in [6.07, 6.45) is 0.824. The van der Waals surface area contributed by atoms with Crippen LogP contribution in [0.3, 0.4) is 0 Å². The van der Waals surface area contributed by atoms with Crippen LogP contribution in [0.2, 0.25) is 0 Å². The number of methoxy groups -OCH3 is 1. The first-order valence-electron chi connectivity index (χ1n) is 8.98. The normalized spacial score (nSPS) is 14.3. The zero-order chi connectivity index (χ0) is 20.7. The Morgan fingerprint density at radius 3 is 2.54 bits per heavy atom. The molecular weight excluding hydrogens is 366 g/mol. The van der Waals surface area contributed by atoms with E-state index < -0.39 is 23.7 Å². The van der Waals surface area contributed by atoms with Gasteiger partial charge in [-0.3, -0.25) is 19.2 Å². The number of nitrogens with one attached hydrogen (secondary N) is 1. The average molecular weight is 391 g/mol. The number of carboxylic acids is 1. The minimum absolute atomic E-state index is 0.119. The molecule has 0 aromatic heterocycles. The van der Waals surface area contributed by atoms with Crippen molar-refractivity contribution in [3.05, 3.63) is 29.8 Å². The molecule has 0 aliphatic carbocycles. The van der Waals surface area contributed by atoms with Crippen molar-refractivity contribution in [3.8, 4) is 5.75 Å². The van der Waals surface area contributed by atoms with Crippen LogP contribution in [0.5, 0.6) is 5.75 Å². The quantitative estimate of drug-likeness (QED) is 0.686. The van der Waals surface area contributed by atoms with Crippen LogP contribution < -0.4 is 10.1 Å². The first-order valence-corrected chi connectivity index (χ1v) is 8.98. The van der Waals surface area contributed by atoms with Gasteiger partial charge in [-0.2, -0.15) is 0 Å². The minimum atomic E-state index is -0.842. The fourth-order valence-electron chi connectivity index (χ4n) is 2.92. The lowest BCUT2D eigenvalue weighted by Crippen LogP contribution is -2.47. The molecule has 1 aliphatic heterocycles. The summed E-state index contributed by atoms with van der Waals surface area (Å²) in [4.78, 5) is 50.4. The molecule has 0 radical (unpaired) electrons. The minimum Gasteiger partial charge on any atom is -0.497 e. The van der Waals surface area contributed by atoms with Gasteiger partial charge in [0.15, 0.2) is 0 Å².